The van der Waals surface area contributed by atoms with Gasteiger partial charge in [-0.2, -0.15) is 8.42 Å². The van der Waals surface area contributed by atoms with Crippen LogP contribution in [0.2, 0.25) is 0 Å². The first kappa shape index (κ1) is 34.8. The standard InChI is InChI=1S/C14H28O5S.C3H8O5S.Na/c1-2-3-4-5-6-7-8-9-10-11-12-19-14(15)13-20(16,17)18;1-2(4)3(5)9(6,7)8;/h2-13H2,1H3,(H,16,17,18);2-5H,1H3,(H,6,7,8);/q;;+1/p-1. The van der Waals surface area contributed by atoms with Crippen molar-refractivity contribution in [3.63, 3.8) is 0 Å². The van der Waals surface area contributed by atoms with E-state index in [9.17, 15) is 26.2 Å². The summed E-state index contributed by atoms with van der Waals surface area (Å²) in [5.74, 6) is -1.84. The monoisotopic (exact) mass is 486 g/mol. The second-order valence-corrected chi connectivity index (χ2v) is 9.67. The molecule has 0 radical (unpaired) electrons. The average Bonchev–Trinajstić information content (AvgIpc) is 2.57. The first-order chi connectivity index (χ1) is 13.3. The fourth-order valence-electron chi connectivity index (χ4n) is 2.21. The molecule has 0 aliphatic carbocycles. The van der Waals surface area contributed by atoms with E-state index in [1.165, 1.54) is 44.9 Å². The molecular formula is C17H35NaO10S2. The Labute approximate surface area is 202 Å². The van der Waals surface area contributed by atoms with Crippen LogP contribution in [0.1, 0.15) is 78.1 Å². The van der Waals surface area contributed by atoms with Gasteiger partial charge in [-0.25, -0.2) is 8.42 Å². The van der Waals surface area contributed by atoms with Crippen molar-refractivity contribution in [2.24, 2.45) is 0 Å². The first-order valence-electron chi connectivity index (χ1n) is 9.72. The summed E-state index contributed by atoms with van der Waals surface area (Å²) in [6.07, 6.45) is 10.3. The first-order valence-corrected chi connectivity index (χ1v) is 12.8. The minimum Gasteiger partial charge on any atom is -0.746 e. The van der Waals surface area contributed by atoms with Crippen molar-refractivity contribution in [2.45, 2.75) is 89.6 Å². The van der Waals surface area contributed by atoms with E-state index in [-0.39, 0.29) is 36.2 Å². The summed E-state index contributed by atoms with van der Waals surface area (Å²) in [7, 11) is -9.01. The van der Waals surface area contributed by atoms with Crippen molar-refractivity contribution in [2.75, 3.05) is 12.4 Å². The van der Waals surface area contributed by atoms with E-state index < -0.39 is 43.5 Å². The molecule has 0 aromatic heterocycles. The minimum atomic E-state index is -4.75. The van der Waals surface area contributed by atoms with Gasteiger partial charge in [0, 0.05) is 0 Å². The van der Waals surface area contributed by atoms with Gasteiger partial charge in [-0.3, -0.25) is 9.35 Å². The fraction of sp³-hybridized carbons (Fsp3) is 0.941. The summed E-state index contributed by atoms with van der Waals surface area (Å²) < 4.78 is 63.4. The Hall–Kier alpha value is 0.210. The molecule has 2 unspecified atom stereocenters. The second-order valence-electron chi connectivity index (χ2n) is 6.75. The predicted octanol–water partition coefficient (Wildman–Crippen LogP) is -1.43. The second kappa shape index (κ2) is 19.9. The fourth-order valence-corrected chi connectivity index (χ4v) is 3.07. The molecule has 0 spiro atoms. The van der Waals surface area contributed by atoms with Crippen molar-refractivity contribution >= 4 is 26.2 Å². The molecule has 0 aromatic carbocycles. The van der Waals surface area contributed by atoms with E-state index in [2.05, 4.69) is 6.92 Å². The van der Waals surface area contributed by atoms with E-state index in [4.69, 9.17) is 19.5 Å². The van der Waals surface area contributed by atoms with Gasteiger partial charge in [0.2, 0.25) is 0 Å². The molecule has 13 heteroatoms. The van der Waals surface area contributed by atoms with E-state index in [0.717, 1.165) is 26.2 Å². The summed E-state index contributed by atoms with van der Waals surface area (Å²) in [4.78, 5) is 11.0. The summed E-state index contributed by atoms with van der Waals surface area (Å²) >= 11 is 0. The van der Waals surface area contributed by atoms with Gasteiger partial charge < -0.3 is 19.5 Å². The van der Waals surface area contributed by atoms with Crippen LogP contribution in [-0.2, 0) is 29.8 Å². The molecule has 0 fully saturated rings. The van der Waals surface area contributed by atoms with Crippen molar-refractivity contribution in [3.05, 3.63) is 0 Å². The van der Waals surface area contributed by atoms with E-state index >= 15 is 0 Å². The Balaban J connectivity index is -0.000000616. The summed E-state index contributed by atoms with van der Waals surface area (Å²) in [5.41, 5.74) is -2.21. The molecule has 0 bridgehead atoms. The third-order valence-corrected chi connectivity index (χ3v) is 5.36. The van der Waals surface area contributed by atoms with Crippen LogP contribution in [0.5, 0.6) is 0 Å². The van der Waals surface area contributed by atoms with Crippen LogP contribution in [0.3, 0.4) is 0 Å². The zero-order valence-corrected chi connectivity index (χ0v) is 21.8. The summed E-state index contributed by atoms with van der Waals surface area (Å²) in [6.45, 7) is 3.45. The number of carbonyl (C=O) groups excluding carboxylic acids is 1. The number of ether oxygens (including phenoxy) is 1. The molecule has 0 aliphatic rings. The number of unbranched alkanes of at least 4 members (excludes halogenated alkanes) is 9. The average molecular weight is 487 g/mol. The van der Waals surface area contributed by atoms with Gasteiger partial charge in [0.1, 0.15) is 10.1 Å². The maximum Gasteiger partial charge on any atom is 1.00 e. The van der Waals surface area contributed by atoms with Crippen LogP contribution >= 0.6 is 0 Å². The van der Waals surface area contributed by atoms with Crippen molar-refractivity contribution in [1.82, 2.24) is 0 Å². The zero-order valence-electron chi connectivity index (χ0n) is 18.2. The van der Waals surface area contributed by atoms with Crippen LogP contribution in [-0.4, -0.2) is 66.0 Å². The Morgan fingerprint density at radius 1 is 0.900 bits per heavy atom. The van der Waals surface area contributed by atoms with Gasteiger partial charge in [0.25, 0.3) is 10.1 Å². The minimum absolute atomic E-state index is 0. The van der Waals surface area contributed by atoms with Gasteiger partial charge >= 0.3 is 35.5 Å². The number of rotatable bonds is 15. The molecule has 0 aromatic rings. The molecule has 10 nitrogen and oxygen atoms in total. The molecule has 0 saturated carbocycles. The predicted molar refractivity (Wildman–Crippen MR) is 107 cm³/mol. The van der Waals surface area contributed by atoms with Crippen LogP contribution < -0.4 is 29.6 Å². The SMILES string of the molecule is CC(O)C(O)S(=O)(=O)[O-].CCCCCCCCCCCCOC(=O)CS(=O)(=O)O.[Na+]. The number of hydrogen-bond donors (Lipinski definition) is 3. The van der Waals surface area contributed by atoms with Crippen LogP contribution in [0.15, 0.2) is 0 Å². The summed E-state index contributed by atoms with van der Waals surface area (Å²) in [5, 5.41) is 16.6. The Kier molecular flexibility index (Phi) is 23.0. The zero-order chi connectivity index (χ0) is 22.9. The number of hydrogen-bond acceptors (Lipinski definition) is 9. The quantitative estimate of drug-likeness (QED) is 0.108. The number of aliphatic hydroxyl groups excluding tert-OH is 2. The normalized spacial score (nSPS) is 13.4. The molecular weight excluding hydrogens is 451 g/mol. The molecule has 0 heterocycles. The van der Waals surface area contributed by atoms with E-state index in [1.807, 2.05) is 0 Å². The number of esters is 1. The molecule has 2 atom stereocenters. The van der Waals surface area contributed by atoms with E-state index in [1.54, 1.807) is 0 Å². The number of carbonyl (C=O) groups is 1. The third-order valence-electron chi connectivity index (χ3n) is 3.77. The van der Waals surface area contributed by atoms with Crippen molar-refractivity contribution in [1.29, 1.82) is 0 Å². The Morgan fingerprint density at radius 2 is 1.30 bits per heavy atom. The molecule has 30 heavy (non-hydrogen) atoms. The van der Waals surface area contributed by atoms with Gasteiger partial charge in [-0.1, -0.05) is 64.7 Å². The van der Waals surface area contributed by atoms with E-state index in [0.29, 0.717) is 0 Å². The van der Waals surface area contributed by atoms with Crippen molar-refractivity contribution in [3.8, 4) is 0 Å². The molecule has 0 aliphatic heterocycles. The third kappa shape index (κ3) is 26.2. The smallest absolute Gasteiger partial charge is 0.746 e. The molecule has 3 N–H and O–H groups in total. The van der Waals surface area contributed by atoms with Gasteiger partial charge in [-0.05, 0) is 13.3 Å². The van der Waals surface area contributed by atoms with Gasteiger partial charge in [0.05, 0.1) is 12.7 Å². The van der Waals surface area contributed by atoms with Crippen LogP contribution in [0.4, 0.5) is 0 Å². The van der Waals surface area contributed by atoms with Crippen molar-refractivity contribution < 1.29 is 75.2 Å². The van der Waals surface area contributed by atoms with Gasteiger partial charge in [-0.15, -0.1) is 0 Å². The maximum atomic E-state index is 11.0. The number of aliphatic hydroxyl groups is 2. The molecule has 176 valence electrons. The van der Waals surface area contributed by atoms with Crippen LogP contribution in [0, 0.1) is 0 Å². The van der Waals surface area contributed by atoms with Gasteiger partial charge in [0.15, 0.2) is 11.2 Å². The summed E-state index contributed by atoms with van der Waals surface area (Å²) in [6, 6.07) is 0. The molecule has 0 amide bonds. The largest absolute Gasteiger partial charge is 1.00 e. The molecule has 0 rings (SSSR count). The molecule has 0 saturated heterocycles. The Morgan fingerprint density at radius 3 is 1.60 bits per heavy atom. The topological polar surface area (TPSA) is 178 Å². The van der Waals surface area contributed by atoms with Crippen LogP contribution in [0.25, 0.3) is 0 Å². The Bertz CT molecular complexity index is 620. The maximum absolute atomic E-state index is 11.0.